The number of hydrogen-bond donors (Lipinski definition) is 3. The highest BCUT2D eigenvalue weighted by Gasteiger charge is 2.26. The Balaban J connectivity index is 2.06. The highest BCUT2D eigenvalue weighted by Crippen LogP contribution is 2.34. The molecule has 1 aliphatic carbocycles. The van der Waals surface area contributed by atoms with Crippen molar-refractivity contribution in [2.24, 2.45) is 0 Å². The zero-order valence-corrected chi connectivity index (χ0v) is 11.2. The first kappa shape index (κ1) is 12.7. The second-order valence-corrected chi connectivity index (χ2v) is 5.85. The van der Waals surface area contributed by atoms with E-state index in [9.17, 15) is 4.79 Å². The average Bonchev–Trinajstić information content (AvgIpc) is 2.60. The van der Waals surface area contributed by atoms with Gasteiger partial charge in [0, 0.05) is 11.2 Å². The largest absolute Gasteiger partial charge is 0.398 e. The second-order valence-electron chi connectivity index (χ2n) is 5.85. The van der Waals surface area contributed by atoms with Crippen LogP contribution in [0.2, 0.25) is 0 Å². The van der Waals surface area contributed by atoms with E-state index >= 15 is 0 Å². The molecule has 1 unspecified atom stereocenters. The summed E-state index contributed by atoms with van der Waals surface area (Å²) in [5.74, 6) is 0. The van der Waals surface area contributed by atoms with Crippen LogP contribution in [0, 0.1) is 0 Å². The Labute approximate surface area is 108 Å². The van der Waals surface area contributed by atoms with E-state index in [1.54, 1.807) is 0 Å². The van der Waals surface area contributed by atoms with Crippen LogP contribution in [0.15, 0.2) is 18.2 Å². The SMILES string of the molecule is CC(C)(C)NC(=O)NC1CCc2c(N)cccc21. The molecule has 0 bridgehead atoms. The topological polar surface area (TPSA) is 67.2 Å². The molecule has 0 saturated heterocycles. The van der Waals surface area contributed by atoms with Crippen LogP contribution < -0.4 is 16.4 Å². The molecule has 1 aromatic carbocycles. The molecule has 1 atom stereocenters. The van der Waals surface area contributed by atoms with E-state index in [4.69, 9.17) is 5.73 Å². The number of urea groups is 1. The maximum Gasteiger partial charge on any atom is 0.315 e. The van der Waals surface area contributed by atoms with E-state index in [0.29, 0.717) is 0 Å². The zero-order chi connectivity index (χ0) is 13.3. The van der Waals surface area contributed by atoms with Crippen LogP contribution >= 0.6 is 0 Å². The highest BCUT2D eigenvalue weighted by molar-refractivity contribution is 5.75. The summed E-state index contributed by atoms with van der Waals surface area (Å²) in [5, 5.41) is 5.92. The summed E-state index contributed by atoms with van der Waals surface area (Å²) in [6, 6.07) is 5.85. The van der Waals surface area contributed by atoms with Crippen LogP contribution in [-0.4, -0.2) is 11.6 Å². The van der Waals surface area contributed by atoms with Gasteiger partial charge in [-0.05, 0) is 50.8 Å². The molecule has 2 amide bonds. The number of carbonyl (C=O) groups excluding carboxylic acids is 1. The lowest BCUT2D eigenvalue weighted by atomic mass is 10.1. The van der Waals surface area contributed by atoms with Gasteiger partial charge < -0.3 is 16.4 Å². The second kappa shape index (κ2) is 4.52. The monoisotopic (exact) mass is 247 g/mol. The van der Waals surface area contributed by atoms with Crippen molar-refractivity contribution < 1.29 is 4.79 Å². The van der Waals surface area contributed by atoms with Crippen molar-refractivity contribution in [1.82, 2.24) is 10.6 Å². The minimum atomic E-state index is -0.221. The standard InChI is InChI=1S/C14H21N3O/c1-14(2,3)17-13(18)16-12-8-7-9-10(12)5-4-6-11(9)15/h4-6,12H,7-8,15H2,1-3H3,(H2,16,17,18). The number of anilines is 1. The van der Waals surface area contributed by atoms with Gasteiger partial charge in [0.1, 0.15) is 0 Å². The summed E-state index contributed by atoms with van der Waals surface area (Å²) in [5.41, 5.74) is 8.88. The van der Waals surface area contributed by atoms with E-state index in [1.165, 1.54) is 5.56 Å². The molecule has 4 N–H and O–H groups in total. The van der Waals surface area contributed by atoms with Gasteiger partial charge in [-0.3, -0.25) is 0 Å². The number of hydrogen-bond acceptors (Lipinski definition) is 2. The van der Waals surface area contributed by atoms with E-state index in [-0.39, 0.29) is 17.6 Å². The summed E-state index contributed by atoms with van der Waals surface area (Å²) in [7, 11) is 0. The molecule has 4 nitrogen and oxygen atoms in total. The van der Waals surface area contributed by atoms with Crippen LogP contribution in [0.3, 0.4) is 0 Å². The predicted molar refractivity (Wildman–Crippen MR) is 73.3 cm³/mol. The Hall–Kier alpha value is -1.71. The molecule has 1 aliphatic rings. The van der Waals surface area contributed by atoms with Gasteiger partial charge in [-0.2, -0.15) is 0 Å². The average molecular weight is 247 g/mol. The molecule has 0 fully saturated rings. The van der Waals surface area contributed by atoms with E-state index in [2.05, 4.69) is 10.6 Å². The molecule has 4 heteroatoms. The van der Waals surface area contributed by atoms with Crippen LogP contribution in [0.25, 0.3) is 0 Å². The van der Waals surface area contributed by atoms with Gasteiger partial charge in [0.05, 0.1) is 6.04 Å². The summed E-state index contributed by atoms with van der Waals surface area (Å²) >= 11 is 0. The molecule has 0 aromatic heterocycles. The molecule has 98 valence electrons. The zero-order valence-electron chi connectivity index (χ0n) is 11.2. The number of rotatable bonds is 1. The first-order valence-corrected chi connectivity index (χ1v) is 6.33. The van der Waals surface area contributed by atoms with Gasteiger partial charge in [0.2, 0.25) is 0 Å². The van der Waals surface area contributed by atoms with Crippen LogP contribution in [0.1, 0.15) is 44.4 Å². The number of nitrogens with one attached hydrogen (secondary N) is 2. The summed E-state index contributed by atoms with van der Waals surface area (Å²) in [6.45, 7) is 5.90. The van der Waals surface area contributed by atoms with Crippen molar-refractivity contribution in [3.8, 4) is 0 Å². The maximum atomic E-state index is 11.9. The highest BCUT2D eigenvalue weighted by atomic mass is 16.2. The lowest BCUT2D eigenvalue weighted by molar-refractivity contribution is 0.228. The van der Waals surface area contributed by atoms with Crippen molar-refractivity contribution in [3.05, 3.63) is 29.3 Å². The smallest absolute Gasteiger partial charge is 0.315 e. The quantitative estimate of drug-likeness (QED) is 0.667. The van der Waals surface area contributed by atoms with Gasteiger partial charge in [-0.15, -0.1) is 0 Å². The predicted octanol–water partition coefficient (Wildman–Crippen LogP) is 2.35. The van der Waals surface area contributed by atoms with Gasteiger partial charge in [-0.25, -0.2) is 4.79 Å². The summed E-state index contributed by atoms with van der Waals surface area (Å²) in [4.78, 5) is 11.9. The van der Waals surface area contributed by atoms with Crippen molar-refractivity contribution in [2.75, 3.05) is 5.73 Å². The van der Waals surface area contributed by atoms with Crippen molar-refractivity contribution >= 4 is 11.7 Å². The third-order valence-electron chi connectivity index (χ3n) is 3.10. The van der Waals surface area contributed by atoms with E-state index < -0.39 is 0 Å². The first-order chi connectivity index (χ1) is 8.37. The first-order valence-electron chi connectivity index (χ1n) is 6.33. The lowest BCUT2D eigenvalue weighted by Gasteiger charge is -2.23. The van der Waals surface area contributed by atoms with Crippen LogP contribution in [0.5, 0.6) is 0 Å². The molecule has 0 heterocycles. The molecule has 18 heavy (non-hydrogen) atoms. The van der Waals surface area contributed by atoms with Gasteiger partial charge in [0.15, 0.2) is 0 Å². The van der Waals surface area contributed by atoms with Gasteiger partial charge >= 0.3 is 6.03 Å². The summed E-state index contributed by atoms with van der Waals surface area (Å²) < 4.78 is 0. The maximum absolute atomic E-state index is 11.9. The molecular formula is C14H21N3O. The van der Waals surface area contributed by atoms with Crippen molar-refractivity contribution in [1.29, 1.82) is 0 Å². The number of nitrogen functional groups attached to an aromatic ring is 1. The van der Waals surface area contributed by atoms with Gasteiger partial charge in [-0.1, -0.05) is 12.1 Å². The number of amides is 2. The van der Waals surface area contributed by atoms with Crippen molar-refractivity contribution in [3.63, 3.8) is 0 Å². The van der Waals surface area contributed by atoms with E-state index in [1.807, 2.05) is 39.0 Å². The summed E-state index contributed by atoms with van der Waals surface area (Å²) in [6.07, 6.45) is 1.85. The third-order valence-corrected chi connectivity index (χ3v) is 3.10. The Bertz CT molecular complexity index is 463. The van der Waals surface area contributed by atoms with Crippen molar-refractivity contribution in [2.45, 2.75) is 45.2 Å². The lowest BCUT2D eigenvalue weighted by Crippen LogP contribution is -2.47. The minimum Gasteiger partial charge on any atom is -0.398 e. The normalized spacial score (nSPS) is 18.3. The Morgan fingerprint density at radius 1 is 1.39 bits per heavy atom. The minimum absolute atomic E-state index is 0.0749. The fraction of sp³-hybridized carbons (Fsp3) is 0.500. The Morgan fingerprint density at radius 3 is 2.78 bits per heavy atom. The molecule has 0 aliphatic heterocycles. The number of carbonyl (C=O) groups is 1. The molecule has 2 rings (SSSR count). The van der Waals surface area contributed by atoms with Gasteiger partial charge in [0.25, 0.3) is 0 Å². The molecule has 0 spiro atoms. The third kappa shape index (κ3) is 2.75. The Kier molecular flexibility index (Phi) is 3.20. The molecule has 1 aromatic rings. The number of fused-ring (bicyclic) bond motifs is 1. The fourth-order valence-electron chi connectivity index (χ4n) is 2.37. The molecule has 0 radical (unpaired) electrons. The van der Waals surface area contributed by atoms with E-state index in [0.717, 1.165) is 24.1 Å². The molecular weight excluding hydrogens is 226 g/mol. The fourth-order valence-corrected chi connectivity index (χ4v) is 2.37. The van der Waals surface area contributed by atoms with Crippen LogP contribution in [0.4, 0.5) is 10.5 Å². The number of benzene rings is 1. The number of nitrogens with two attached hydrogens (primary N) is 1. The van der Waals surface area contributed by atoms with Crippen LogP contribution in [-0.2, 0) is 6.42 Å². The molecule has 0 saturated carbocycles. The Morgan fingerprint density at radius 2 is 2.11 bits per heavy atom.